The van der Waals surface area contributed by atoms with Crippen LogP contribution in [0.15, 0.2) is 12.4 Å². The zero-order chi connectivity index (χ0) is 11.5. The maximum Gasteiger partial charge on any atom is 0.241 e. The normalized spacial score (nSPS) is 10.9. The number of ether oxygens (including phenoxy) is 1. The van der Waals surface area contributed by atoms with Crippen molar-refractivity contribution < 1.29 is 4.74 Å². The monoisotopic (exact) mass is 239 g/mol. The number of aromatic nitrogens is 3. The lowest BCUT2D eigenvalue weighted by Gasteiger charge is -2.06. The number of fused-ring (bicyclic) bond motifs is 1. The summed E-state index contributed by atoms with van der Waals surface area (Å²) in [4.78, 5) is 8.38. The minimum absolute atomic E-state index is 0.417. The van der Waals surface area contributed by atoms with Crippen LogP contribution in [0.5, 0.6) is 5.88 Å². The molecule has 4 nitrogen and oxygen atoms in total. The van der Waals surface area contributed by atoms with Gasteiger partial charge >= 0.3 is 0 Å². The Morgan fingerprint density at radius 3 is 3.06 bits per heavy atom. The second kappa shape index (κ2) is 4.70. The van der Waals surface area contributed by atoms with E-state index in [9.17, 15) is 0 Å². The molecule has 0 saturated heterocycles. The van der Waals surface area contributed by atoms with Crippen molar-refractivity contribution in [1.29, 1.82) is 0 Å². The van der Waals surface area contributed by atoms with Gasteiger partial charge in [-0.25, -0.2) is 4.98 Å². The van der Waals surface area contributed by atoms with Crippen molar-refractivity contribution in [2.45, 2.75) is 26.7 Å². The van der Waals surface area contributed by atoms with Gasteiger partial charge in [-0.2, -0.15) is 4.98 Å². The lowest BCUT2D eigenvalue weighted by Crippen LogP contribution is -2.01. The van der Waals surface area contributed by atoms with Crippen LogP contribution in [0.2, 0.25) is 5.15 Å². The molecule has 86 valence electrons. The first-order valence-electron chi connectivity index (χ1n) is 5.35. The average molecular weight is 240 g/mol. The van der Waals surface area contributed by atoms with Crippen molar-refractivity contribution in [3.8, 4) is 5.88 Å². The molecule has 0 unspecified atom stereocenters. The van der Waals surface area contributed by atoms with Crippen LogP contribution in [0, 0.1) is 6.92 Å². The summed E-state index contributed by atoms with van der Waals surface area (Å²) in [5.74, 6) is 1.43. The highest BCUT2D eigenvalue weighted by Crippen LogP contribution is 2.21. The van der Waals surface area contributed by atoms with Crippen molar-refractivity contribution in [2.75, 3.05) is 6.61 Å². The maximum absolute atomic E-state index is 5.93. The summed E-state index contributed by atoms with van der Waals surface area (Å²) in [6.45, 7) is 4.69. The van der Waals surface area contributed by atoms with Crippen LogP contribution < -0.4 is 4.74 Å². The van der Waals surface area contributed by atoms with Crippen LogP contribution in [0.1, 0.15) is 25.6 Å². The first-order chi connectivity index (χ1) is 7.72. The Bertz CT molecular complexity index is 495. The van der Waals surface area contributed by atoms with Gasteiger partial charge in [-0.15, -0.1) is 0 Å². The third-order valence-electron chi connectivity index (χ3n) is 2.38. The molecule has 2 aromatic heterocycles. The maximum atomic E-state index is 5.93. The lowest BCUT2D eigenvalue weighted by atomic mass is 10.4. The zero-order valence-electron chi connectivity index (χ0n) is 9.40. The van der Waals surface area contributed by atoms with Gasteiger partial charge in [-0.3, -0.25) is 4.40 Å². The molecule has 0 N–H and O–H groups in total. The van der Waals surface area contributed by atoms with Crippen molar-refractivity contribution >= 4 is 17.1 Å². The van der Waals surface area contributed by atoms with Gasteiger partial charge in [0.25, 0.3) is 0 Å². The Morgan fingerprint density at radius 1 is 1.50 bits per heavy atom. The SMILES string of the molecule is CCCCOc1nc(Cl)cn2c(C)ncc12. The van der Waals surface area contributed by atoms with E-state index in [4.69, 9.17) is 16.3 Å². The molecule has 0 fully saturated rings. The van der Waals surface area contributed by atoms with Crippen molar-refractivity contribution in [3.63, 3.8) is 0 Å². The number of rotatable bonds is 4. The van der Waals surface area contributed by atoms with Gasteiger partial charge in [0, 0.05) is 6.20 Å². The van der Waals surface area contributed by atoms with Gasteiger partial charge in [0.15, 0.2) is 0 Å². The third kappa shape index (κ3) is 2.11. The summed E-state index contributed by atoms with van der Waals surface area (Å²) >= 11 is 5.93. The topological polar surface area (TPSA) is 39.4 Å². The Hall–Kier alpha value is -1.29. The number of unbranched alkanes of at least 4 members (excludes halogenated alkanes) is 1. The van der Waals surface area contributed by atoms with Crippen LogP contribution >= 0.6 is 11.6 Å². The molecule has 2 rings (SSSR count). The van der Waals surface area contributed by atoms with E-state index in [1.807, 2.05) is 11.3 Å². The molecule has 0 aliphatic heterocycles. The fourth-order valence-corrected chi connectivity index (χ4v) is 1.66. The minimum Gasteiger partial charge on any atom is -0.476 e. The molecule has 16 heavy (non-hydrogen) atoms. The third-order valence-corrected chi connectivity index (χ3v) is 2.56. The molecule has 0 spiro atoms. The van der Waals surface area contributed by atoms with Gasteiger partial charge in [-0.1, -0.05) is 24.9 Å². The Kier molecular flexibility index (Phi) is 3.29. The molecule has 0 bridgehead atoms. The fraction of sp³-hybridized carbons (Fsp3) is 0.455. The molecule has 5 heteroatoms. The lowest BCUT2D eigenvalue weighted by molar-refractivity contribution is 0.300. The smallest absolute Gasteiger partial charge is 0.241 e. The summed E-state index contributed by atoms with van der Waals surface area (Å²) in [7, 11) is 0. The summed E-state index contributed by atoms with van der Waals surface area (Å²) in [5, 5.41) is 0.417. The summed E-state index contributed by atoms with van der Waals surface area (Å²) in [5.41, 5.74) is 0.859. The second-order valence-corrected chi connectivity index (χ2v) is 4.02. The average Bonchev–Trinajstić information content (AvgIpc) is 2.61. The Morgan fingerprint density at radius 2 is 2.31 bits per heavy atom. The van der Waals surface area contributed by atoms with Gasteiger partial charge < -0.3 is 4.74 Å². The van der Waals surface area contributed by atoms with E-state index in [1.54, 1.807) is 12.4 Å². The molecule has 2 aromatic rings. The molecule has 0 aromatic carbocycles. The highest BCUT2D eigenvalue weighted by Gasteiger charge is 2.09. The largest absolute Gasteiger partial charge is 0.476 e. The fourth-order valence-electron chi connectivity index (χ4n) is 1.48. The van der Waals surface area contributed by atoms with Crippen LogP contribution in [-0.4, -0.2) is 21.0 Å². The van der Waals surface area contributed by atoms with Gasteiger partial charge in [-0.05, 0) is 13.3 Å². The predicted molar refractivity (Wildman–Crippen MR) is 63.1 cm³/mol. The molecular formula is C11H14ClN3O. The Labute approximate surface area is 99.2 Å². The van der Waals surface area contributed by atoms with Crippen LogP contribution in [0.25, 0.3) is 5.52 Å². The highest BCUT2D eigenvalue weighted by molar-refractivity contribution is 6.29. The van der Waals surface area contributed by atoms with Gasteiger partial charge in [0.2, 0.25) is 5.88 Å². The first-order valence-corrected chi connectivity index (χ1v) is 5.73. The predicted octanol–water partition coefficient (Wildman–Crippen LogP) is 2.87. The number of nitrogens with zero attached hydrogens (tertiary/aromatic N) is 3. The number of hydrogen-bond acceptors (Lipinski definition) is 3. The molecule has 0 amide bonds. The van der Waals surface area contributed by atoms with Crippen molar-refractivity contribution in [1.82, 2.24) is 14.4 Å². The number of imidazole rings is 1. The van der Waals surface area contributed by atoms with E-state index in [0.29, 0.717) is 17.6 Å². The summed E-state index contributed by atoms with van der Waals surface area (Å²) in [6, 6.07) is 0. The quantitative estimate of drug-likeness (QED) is 0.771. The highest BCUT2D eigenvalue weighted by atomic mass is 35.5. The summed E-state index contributed by atoms with van der Waals surface area (Å²) < 4.78 is 7.48. The molecule has 0 radical (unpaired) electrons. The van der Waals surface area contributed by atoms with Crippen LogP contribution in [0.3, 0.4) is 0 Å². The number of aryl methyl sites for hydroxylation is 1. The van der Waals surface area contributed by atoms with E-state index in [0.717, 1.165) is 24.2 Å². The molecule has 0 aliphatic carbocycles. The van der Waals surface area contributed by atoms with Crippen LogP contribution in [0.4, 0.5) is 0 Å². The van der Waals surface area contributed by atoms with E-state index in [2.05, 4.69) is 16.9 Å². The van der Waals surface area contributed by atoms with E-state index in [-0.39, 0.29) is 0 Å². The number of halogens is 1. The molecule has 0 aliphatic rings. The van der Waals surface area contributed by atoms with E-state index < -0.39 is 0 Å². The molecule has 0 saturated carbocycles. The molecule has 0 atom stereocenters. The van der Waals surface area contributed by atoms with E-state index in [1.165, 1.54) is 0 Å². The van der Waals surface area contributed by atoms with Gasteiger partial charge in [0.1, 0.15) is 16.5 Å². The number of hydrogen-bond donors (Lipinski definition) is 0. The van der Waals surface area contributed by atoms with Crippen molar-refractivity contribution in [2.24, 2.45) is 0 Å². The first kappa shape index (κ1) is 11.2. The zero-order valence-corrected chi connectivity index (χ0v) is 10.2. The molecular weight excluding hydrogens is 226 g/mol. The minimum atomic E-state index is 0.417. The van der Waals surface area contributed by atoms with Gasteiger partial charge in [0.05, 0.1) is 12.8 Å². The standard InChI is InChI=1S/C11H14ClN3O/c1-3-4-5-16-11-9-6-13-8(2)15(9)7-10(12)14-11/h6-7H,3-5H2,1-2H3. The second-order valence-electron chi connectivity index (χ2n) is 3.63. The summed E-state index contributed by atoms with van der Waals surface area (Å²) in [6.07, 6.45) is 5.59. The Balaban J connectivity index is 2.35. The van der Waals surface area contributed by atoms with Crippen LogP contribution in [-0.2, 0) is 0 Å². The molecule has 2 heterocycles. The van der Waals surface area contributed by atoms with Crippen molar-refractivity contribution in [3.05, 3.63) is 23.4 Å². The van der Waals surface area contributed by atoms with E-state index >= 15 is 0 Å².